The monoisotopic (exact) mass is 472 g/mol. The molecular formula is C24H28N2O4S2. The average molecular weight is 473 g/mol. The van der Waals surface area contributed by atoms with Crippen LogP contribution in [-0.2, 0) is 32.2 Å². The molecule has 0 bridgehead atoms. The molecule has 0 amide bonds. The Balaban J connectivity index is 1.78. The molecule has 0 unspecified atom stereocenters. The van der Waals surface area contributed by atoms with E-state index in [2.05, 4.69) is 4.98 Å². The number of rotatable bonds is 9. The standard InChI is InChI=1S/C24H28N2O4S2/c1-19(2)16-26(32(29,30)18-20-7-5-4-6-8-20)17-23-12-9-22(15-25-23)21-10-13-24(14-11-21)31(3,27)28/h4-15,19H,16-18H2,1-3H3. The molecule has 2 aromatic carbocycles. The van der Waals surface area contributed by atoms with Gasteiger partial charge in [0.25, 0.3) is 0 Å². The lowest BCUT2D eigenvalue weighted by molar-refractivity contribution is 0.358. The molecule has 32 heavy (non-hydrogen) atoms. The fraction of sp³-hybridized carbons (Fsp3) is 0.292. The zero-order chi connectivity index (χ0) is 23.4. The van der Waals surface area contributed by atoms with Crippen LogP contribution in [0.5, 0.6) is 0 Å². The molecular weight excluding hydrogens is 444 g/mol. The quantitative estimate of drug-likeness (QED) is 0.467. The molecule has 170 valence electrons. The van der Waals surface area contributed by atoms with Crippen molar-refractivity contribution < 1.29 is 16.8 Å². The van der Waals surface area contributed by atoms with Gasteiger partial charge in [0, 0.05) is 24.6 Å². The third kappa shape index (κ3) is 6.48. The van der Waals surface area contributed by atoms with Gasteiger partial charge in [-0.05, 0) is 35.2 Å². The van der Waals surface area contributed by atoms with Crippen molar-refractivity contribution in [2.45, 2.75) is 31.0 Å². The molecule has 1 aromatic heterocycles. The van der Waals surface area contributed by atoms with E-state index in [0.717, 1.165) is 16.7 Å². The van der Waals surface area contributed by atoms with Crippen LogP contribution in [0.4, 0.5) is 0 Å². The van der Waals surface area contributed by atoms with E-state index in [-0.39, 0.29) is 23.1 Å². The van der Waals surface area contributed by atoms with E-state index in [4.69, 9.17) is 0 Å². The average Bonchev–Trinajstić information content (AvgIpc) is 2.73. The van der Waals surface area contributed by atoms with Gasteiger partial charge in [0.05, 0.1) is 22.9 Å². The number of hydrogen-bond donors (Lipinski definition) is 0. The lowest BCUT2D eigenvalue weighted by atomic mass is 10.1. The first-order chi connectivity index (χ1) is 15.0. The van der Waals surface area contributed by atoms with Crippen LogP contribution in [0.3, 0.4) is 0 Å². The summed E-state index contributed by atoms with van der Waals surface area (Å²) in [6, 6.07) is 19.5. The highest BCUT2D eigenvalue weighted by molar-refractivity contribution is 7.90. The Hall–Kier alpha value is -2.55. The molecule has 0 aliphatic carbocycles. The van der Waals surface area contributed by atoms with E-state index in [1.165, 1.54) is 10.6 Å². The van der Waals surface area contributed by atoms with E-state index >= 15 is 0 Å². The summed E-state index contributed by atoms with van der Waals surface area (Å²) in [5.41, 5.74) is 3.07. The minimum absolute atomic E-state index is 0.0503. The van der Waals surface area contributed by atoms with E-state index in [1.54, 1.807) is 30.5 Å². The molecule has 0 radical (unpaired) electrons. The summed E-state index contributed by atoms with van der Waals surface area (Å²) in [4.78, 5) is 4.73. The zero-order valence-corrected chi connectivity index (χ0v) is 20.1. The van der Waals surface area contributed by atoms with Gasteiger partial charge in [-0.1, -0.05) is 62.4 Å². The molecule has 0 saturated carbocycles. The number of sulfonamides is 1. The summed E-state index contributed by atoms with van der Waals surface area (Å²) < 4.78 is 50.9. The Bertz CT molecular complexity index is 1240. The predicted molar refractivity (Wildman–Crippen MR) is 127 cm³/mol. The number of aromatic nitrogens is 1. The van der Waals surface area contributed by atoms with E-state index in [9.17, 15) is 16.8 Å². The van der Waals surface area contributed by atoms with Crippen LogP contribution in [-0.4, -0.2) is 38.9 Å². The van der Waals surface area contributed by atoms with E-state index in [0.29, 0.717) is 12.2 Å². The van der Waals surface area contributed by atoms with Gasteiger partial charge in [-0.15, -0.1) is 0 Å². The Morgan fingerprint density at radius 1 is 0.844 bits per heavy atom. The summed E-state index contributed by atoms with van der Waals surface area (Å²) in [6.45, 7) is 4.58. The fourth-order valence-corrected chi connectivity index (χ4v) is 5.60. The van der Waals surface area contributed by atoms with Crippen LogP contribution in [0.2, 0.25) is 0 Å². The number of benzene rings is 2. The van der Waals surface area contributed by atoms with Crippen LogP contribution in [0, 0.1) is 5.92 Å². The second-order valence-electron chi connectivity index (χ2n) is 8.26. The SMILES string of the molecule is CC(C)CN(Cc1ccc(-c2ccc(S(C)(=O)=O)cc2)cn1)S(=O)(=O)Cc1ccccc1. The smallest absolute Gasteiger partial charge is 0.218 e. The van der Waals surface area contributed by atoms with Crippen molar-refractivity contribution >= 4 is 19.9 Å². The van der Waals surface area contributed by atoms with Gasteiger partial charge < -0.3 is 0 Å². The molecule has 0 atom stereocenters. The molecule has 3 aromatic rings. The predicted octanol–water partition coefficient (Wildman–Crippen LogP) is 4.14. The summed E-state index contributed by atoms with van der Waals surface area (Å²) in [7, 11) is -6.76. The number of hydrogen-bond acceptors (Lipinski definition) is 5. The Morgan fingerprint density at radius 2 is 1.47 bits per heavy atom. The molecule has 0 saturated heterocycles. The number of nitrogens with zero attached hydrogens (tertiary/aromatic N) is 2. The number of sulfone groups is 1. The second-order valence-corrected chi connectivity index (χ2v) is 12.2. The highest BCUT2D eigenvalue weighted by atomic mass is 32.2. The Morgan fingerprint density at radius 3 is 2.00 bits per heavy atom. The van der Waals surface area contributed by atoms with Gasteiger partial charge in [-0.3, -0.25) is 4.98 Å². The van der Waals surface area contributed by atoms with Gasteiger partial charge >= 0.3 is 0 Å². The maximum absolute atomic E-state index is 13.1. The lowest BCUT2D eigenvalue weighted by Gasteiger charge is -2.24. The normalized spacial score (nSPS) is 12.4. The molecule has 0 N–H and O–H groups in total. The van der Waals surface area contributed by atoms with Gasteiger partial charge in [-0.25, -0.2) is 16.8 Å². The summed E-state index contributed by atoms with van der Waals surface area (Å²) in [6.07, 6.45) is 2.86. The Kier molecular flexibility index (Phi) is 7.48. The van der Waals surface area contributed by atoms with Crippen LogP contribution < -0.4 is 0 Å². The lowest BCUT2D eigenvalue weighted by Crippen LogP contribution is -2.35. The molecule has 1 heterocycles. The first-order valence-corrected chi connectivity index (χ1v) is 13.8. The third-order valence-corrected chi connectivity index (χ3v) is 7.82. The molecule has 3 rings (SSSR count). The van der Waals surface area contributed by atoms with Gasteiger partial charge in [0.15, 0.2) is 9.84 Å². The van der Waals surface area contributed by atoms with Crippen molar-refractivity contribution in [2.24, 2.45) is 5.92 Å². The highest BCUT2D eigenvalue weighted by Crippen LogP contribution is 2.22. The molecule has 0 fully saturated rings. The van der Waals surface area contributed by atoms with Crippen molar-refractivity contribution in [3.05, 3.63) is 84.2 Å². The minimum Gasteiger partial charge on any atom is -0.259 e. The first-order valence-electron chi connectivity index (χ1n) is 10.3. The third-order valence-electron chi connectivity index (χ3n) is 4.93. The van der Waals surface area contributed by atoms with Crippen LogP contribution in [0.15, 0.2) is 77.8 Å². The molecule has 0 spiro atoms. The molecule has 8 heteroatoms. The Labute approximate surface area is 190 Å². The van der Waals surface area contributed by atoms with Gasteiger partial charge in [0.1, 0.15) is 0 Å². The van der Waals surface area contributed by atoms with Crippen LogP contribution >= 0.6 is 0 Å². The van der Waals surface area contributed by atoms with Crippen molar-refractivity contribution in [1.82, 2.24) is 9.29 Å². The van der Waals surface area contributed by atoms with E-state index < -0.39 is 19.9 Å². The van der Waals surface area contributed by atoms with Gasteiger partial charge in [-0.2, -0.15) is 4.31 Å². The molecule has 0 aliphatic heterocycles. The van der Waals surface area contributed by atoms with Crippen LogP contribution in [0.25, 0.3) is 11.1 Å². The maximum atomic E-state index is 13.1. The van der Waals surface area contributed by atoms with Crippen molar-refractivity contribution in [2.75, 3.05) is 12.8 Å². The van der Waals surface area contributed by atoms with Crippen molar-refractivity contribution in [1.29, 1.82) is 0 Å². The maximum Gasteiger partial charge on any atom is 0.218 e. The molecule has 6 nitrogen and oxygen atoms in total. The number of pyridine rings is 1. The minimum atomic E-state index is -3.51. The topological polar surface area (TPSA) is 84.4 Å². The fourth-order valence-electron chi connectivity index (χ4n) is 3.32. The van der Waals surface area contributed by atoms with Gasteiger partial charge in [0.2, 0.25) is 10.0 Å². The summed E-state index contributed by atoms with van der Waals surface area (Å²) >= 11 is 0. The molecule has 0 aliphatic rings. The summed E-state index contributed by atoms with van der Waals surface area (Å²) in [5, 5.41) is 0. The zero-order valence-electron chi connectivity index (χ0n) is 18.5. The van der Waals surface area contributed by atoms with Crippen molar-refractivity contribution in [3.63, 3.8) is 0 Å². The van der Waals surface area contributed by atoms with Crippen molar-refractivity contribution in [3.8, 4) is 11.1 Å². The van der Waals surface area contributed by atoms with E-state index in [1.807, 2.05) is 56.3 Å². The second kappa shape index (κ2) is 9.94. The highest BCUT2D eigenvalue weighted by Gasteiger charge is 2.24. The largest absolute Gasteiger partial charge is 0.259 e. The summed E-state index contributed by atoms with van der Waals surface area (Å²) in [5.74, 6) is 0.124. The first kappa shape index (κ1) is 24.1. The van der Waals surface area contributed by atoms with Crippen LogP contribution in [0.1, 0.15) is 25.1 Å².